The lowest BCUT2D eigenvalue weighted by Gasteiger charge is -2.07. The maximum Gasteiger partial charge on any atom is 0.121 e. The molecule has 0 amide bonds. The Kier molecular flexibility index (Phi) is 3.29. The quantitative estimate of drug-likeness (QED) is 0.716. The van der Waals surface area contributed by atoms with Crippen LogP contribution < -0.4 is 10.5 Å². The summed E-state index contributed by atoms with van der Waals surface area (Å²) in [5.41, 5.74) is 8.27. The van der Waals surface area contributed by atoms with Gasteiger partial charge in [0.1, 0.15) is 5.75 Å². The van der Waals surface area contributed by atoms with E-state index in [2.05, 4.69) is 0 Å². The average Bonchev–Trinajstić information content (AvgIpc) is 2.18. The zero-order chi connectivity index (χ0) is 10.6. The third-order valence-electron chi connectivity index (χ3n) is 1.99. The van der Waals surface area contributed by atoms with E-state index in [9.17, 15) is 0 Å². The van der Waals surface area contributed by atoms with Crippen LogP contribution in [0.3, 0.4) is 0 Å². The van der Waals surface area contributed by atoms with Gasteiger partial charge < -0.3 is 15.9 Å². The lowest BCUT2D eigenvalue weighted by molar-refractivity contribution is 0.411. The van der Waals surface area contributed by atoms with E-state index in [1.54, 1.807) is 13.2 Å². The SMILES string of the molecule is COc1ccc(C(N)=CC=N)cc1C. The molecule has 1 aromatic rings. The maximum atomic E-state index is 6.91. The molecule has 0 atom stereocenters. The summed E-state index contributed by atoms with van der Waals surface area (Å²) in [6.45, 7) is 1.96. The van der Waals surface area contributed by atoms with Crippen LogP contribution in [-0.2, 0) is 0 Å². The van der Waals surface area contributed by atoms with E-state index in [4.69, 9.17) is 15.9 Å². The van der Waals surface area contributed by atoms with Crippen LogP contribution in [0, 0.1) is 12.3 Å². The topological polar surface area (TPSA) is 59.1 Å². The number of methoxy groups -OCH3 is 1. The molecule has 0 unspecified atom stereocenters. The van der Waals surface area contributed by atoms with Gasteiger partial charge in [-0.05, 0) is 42.3 Å². The molecule has 1 aromatic carbocycles. The van der Waals surface area contributed by atoms with Gasteiger partial charge in [-0.25, -0.2) is 0 Å². The molecule has 0 aliphatic heterocycles. The minimum absolute atomic E-state index is 0.589. The van der Waals surface area contributed by atoms with Gasteiger partial charge in [0.2, 0.25) is 0 Å². The van der Waals surface area contributed by atoms with E-state index in [0.29, 0.717) is 5.70 Å². The number of allylic oxidation sites excluding steroid dienone is 1. The number of hydrogen-bond acceptors (Lipinski definition) is 3. The molecular weight excluding hydrogens is 176 g/mol. The van der Waals surface area contributed by atoms with Crippen molar-refractivity contribution in [3.63, 3.8) is 0 Å². The molecule has 74 valence electrons. The van der Waals surface area contributed by atoms with E-state index in [0.717, 1.165) is 16.9 Å². The van der Waals surface area contributed by atoms with Gasteiger partial charge in [0.15, 0.2) is 0 Å². The summed E-state index contributed by atoms with van der Waals surface area (Å²) in [5.74, 6) is 0.844. The second-order valence-electron chi connectivity index (χ2n) is 2.97. The highest BCUT2D eigenvalue weighted by Gasteiger charge is 2.00. The van der Waals surface area contributed by atoms with Crippen LogP contribution in [0.25, 0.3) is 5.70 Å². The molecule has 0 aromatic heterocycles. The zero-order valence-electron chi connectivity index (χ0n) is 8.37. The molecule has 0 heterocycles. The van der Waals surface area contributed by atoms with Crippen molar-refractivity contribution in [3.8, 4) is 5.75 Å². The van der Waals surface area contributed by atoms with Crippen LogP contribution in [-0.4, -0.2) is 13.3 Å². The minimum atomic E-state index is 0.589. The highest BCUT2D eigenvalue weighted by Crippen LogP contribution is 2.20. The van der Waals surface area contributed by atoms with Gasteiger partial charge in [0.25, 0.3) is 0 Å². The Bertz CT molecular complexity index is 370. The Morgan fingerprint density at radius 2 is 2.21 bits per heavy atom. The molecule has 1 rings (SSSR count). The van der Waals surface area contributed by atoms with Crippen molar-refractivity contribution >= 4 is 11.9 Å². The summed E-state index contributed by atoms with van der Waals surface area (Å²) in [6, 6.07) is 5.69. The van der Waals surface area contributed by atoms with Crippen LogP contribution in [0.4, 0.5) is 0 Å². The fourth-order valence-corrected chi connectivity index (χ4v) is 1.24. The Hall–Kier alpha value is -1.77. The summed E-state index contributed by atoms with van der Waals surface area (Å²) in [4.78, 5) is 0. The van der Waals surface area contributed by atoms with Crippen molar-refractivity contribution in [2.45, 2.75) is 6.92 Å². The molecule has 3 N–H and O–H groups in total. The summed E-state index contributed by atoms with van der Waals surface area (Å²) in [5, 5.41) is 6.91. The van der Waals surface area contributed by atoms with Gasteiger partial charge in [-0.15, -0.1) is 0 Å². The number of nitrogens with one attached hydrogen (secondary N) is 1. The van der Waals surface area contributed by atoms with Gasteiger partial charge in [-0.1, -0.05) is 0 Å². The molecule has 14 heavy (non-hydrogen) atoms. The molecule has 3 nitrogen and oxygen atoms in total. The molecule has 0 saturated heterocycles. The van der Waals surface area contributed by atoms with E-state index >= 15 is 0 Å². The molecule has 3 heteroatoms. The van der Waals surface area contributed by atoms with Crippen molar-refractivity contribution in [1.82, 2.24) is 0 Å². The van der Waals surface area contributed by atoms with Crippen LogP contribution >= 0.6 is 0 Å². The van der Waals surface area contributed by atoms with Crippen molar-refractivity contribution in [2.75, 3.05) is 7.11 Å². The number of ether oxygens (including phenoxy) is 1. The third kappa shape index (κ3) is 2.13. The summed E-state index contributed by atoms with van der Waals surface area (Å²) in [6.07, 6.45) is 2.73. The molecule has 0 aliphatic rings. The number of hydrogen-bond donors (Lipinski definition) is 2. The second kappa shape index (κ2) is 4.46. The predicted octanol–water partition coefficient (Wildman–Crippen LogP) is 1.95. The fraction of sp³-hybridized carbons (Fsp3) is 0.182. The lowest BCUT2D eigenvalue weighted by atomic mass is 10.1. The third-order valence-corrected chi connectivity index (χ3v) is 1.99. The van der Waals surface area contributed by atoms with Crippen molar-refractivity contribution < 1.29 is 4.74 Å². The Morgan fingerprint density at radius 1 is 1.50 bits per heavy atom. The van der Waals surface area contributed by atoms with Gasteiger partial charge in [0.05, 0.1) is 7.11 Å². The molecular formula is C11H14N2O. The summed E-state index contributed by atoms with van der Waals surface area (Å²) >= 11 is 0. The first-order valence-corrected chi connectivity index (χ1v) is 4.30. The highest BCUT2D eigenvalue weighted by molar-refractivity contribution is 5.81. The minimum Gasteiger partial charge on any atom is -0.496 e. The number of aryl methyl sites for hydroxylation is 1. The molecule has 0 bridgehead atoms. The van der Waals surface area contributed by atoms with Crippen molar-refractivity contribution in [2.24, 2.45) is 5.73 Å². The number of nitrogens with two attached hydrogens (primary N) is 1. The molecule has 0 aliphatic carbocycles. The average molecular weight is 190 g/mol. The first-order chi connectivity index (χ1) is 6.69. The van der Waals surface area contributed by atoms with Crippen LogP contribution in [0.15, 0.2) is 24.3 Å². The number of benzene rings is 1. The van der Waals surface area contributed by atoms with E-state index < -0.39 is 0 Å². The maximum absolute atomic E-state index is 6.91. The Balaban J connectivity index is 3.08. The Labute approximate surface area is 83.7 Å². The van der Waals surface area contributed by atoms with Gasteiger partial charge in [-0.3, -0.25) is 0 Å². The van der Waals surface area contributed by atoms with E-state index in [1.165, 1.54) is 6.21 Å². The van der Waals surface area contributed by atoms with Gasteiger partial charge in [0, 0.05) is 11.9 Å². The summed E-state index contributed by atoms with van der Waals surface area (Å²) < 4.78 is 5.13. The van der Waals surface area contributed by atoms with Crippen LogP contribution in [0.1, 0.15) is 11.1 Å². The lowest BCUT2D eigenvalue weighted by Crippen LogP contribution is -1.97. The molecule has 0 spiro atoms. The van der Waals surface area contributed by atoms with Crippen molar-refractivity contribution in [3.05, 3.63) is 35.4 Å². The predicted molar refractivity (Wildman–Crippen MR) is 58.7 cm³/mol. The summed E-state index contributed by atoms with van der Waals surface area (Å²) in [7, 11) is 1.64. The first kappa shape index (κ1) is 10.3. The van der Waals surface area contributed by atoms with Gasteiger partial charge in [-0.2, -0.15) is 0 Å². The van der Waals surface area contributed by atoms with E-state index in [-0.39, 0.29) is 0 Å². The normalized spacial score (nSPS) is 11.1. The van der Waals surface area contributed by atoms with Crippen LogP contribution in [0.2, 0.25) is 0 Å². The fourth-order valence-electron chi connectivity index (χ4n) is 1.24. The second-order valence-corrected chi connectivity index (χ2v) is 2.97. The smallest absolute Gasteiger partial charge is 0.121 e. The molecule has 0 radical (unpaired) electrons. The van der Waals surface area contributed by atoms with E-state index in [1.807, 2.05) is 25.1 Å². The largest absolute Gasteiger partial charge is 0.496 e. The van der Waals surface area contributed by atoms with Gasteiger partial charge >= 0.3 is 0 Å². The zero-order valence-corrected chi connectivity index (χ0v) is 8.37. The molecule has 0 saturated carbocycles. The monoisotopic (exact) mass is 190 g/mol. The standard InChI is InChI=1S/C11H14N2O/c1-8-7-9(10(13)5-6-12)3-4-11(8)14-2/h3-7,12H,13H2,1-2H3. The number of rotatable bonds is 3. The first-order valence-electron chi connectivity index (χ1n) is 4.30. The van der Waals surface area contributed by atoms with Crippen molar-refractivity contribution in [1.29, 1.82) is 5.41 Å². The molecule has 0 fully saturated rings. The Morgan fingerprint density at radius 3 is 2.71 bits per heavy atom. The highest BCUT2D eigenvalue weighted by atomic mass is 16.5. The van der Waals surface area contributed by atoms with Crippen LogP contribution in [0.5, 0.6) is 5.75 Å².